The molecule has 0 aliphatic heterocycles. The number of pyridine rings is 1. The molecule has 0 spiro atoms. The van der Waals surface area contributed by atoms with E-state index >= 15 is 0 Å². The molecule has 0 aromatic carbocycles. The van der Waals surface area contributed by atoms with Gasteiger partial charge in [-0.05, 0) is 44.5 Å². The fraction of sp³-hybridized carbons (Fsp3) is 0.400. The monoisotopic (exact) mass is 271 g/mol. The molecule has 5 nitrogen and oxygen atoms in total. The summed E-state index contributed by atoms with van der Waals surface area (Å²) in [5.41, 5.74) is 3.20. The van der Waals surface area contributed by atoms with E-state index in [1.54, 1.807) is 6.20 Å². The molecule has 0 aliphatic rings. The number of hydrogen-bond donors (Lipinski definition) is 2. The predicted molar refractivity (Wildman–Crippen MR) is 80.6 cm³/mol. The van der Waals surface area contributed by atoms with Crippen molar-refractivity contribution in [3.8, 4) is 0 Å². The molecule has 2 N–H and O–H groups in total. The SMILES string of the molecule is Cc1cc(C)nc(NCCCNCc2cccnc2)n1. The summed E-state index contributed by atoms with van der Waals surface area (Å²) < 4.78 is 0. The van der Waals surface area contributed by atoms with Gasteiger partial charge in [0.05, 0.1) is 0 Å². The van der Waals surface area contributed by atoms with Crippen LogP contribution in [0.2, 0.25) is 0 Å². The second kappa shape index (κ2) is 7.55. The fourth-order valence-electron chi connectivity index (χ4n) is 1.95. The van der Waals surface area contributed by atoms with Crippen LogP contribution in [0.5, 0.6) is 0 Å². The molecule has 20 heavy (non-hydrogen) atoms. The van der Waals surface area contributed by atoms with Crippen molar-refractivity contribution in [1.82, 2.24) is 20.3 Å². The maximum Gasteiger partial charge on any atom is 0.223 e. The van der Waals surface area contributed by atoms with Crippen molar-refractivity contribution >= 4 is 5.95 Å². The van der Waals surface area contributed by atoms with Gasteiger partial charge in [0.2, 0.25) is 5.95 Å². The number of anilines is 1. The van der Waals surface area contributed by atoms with Gasteiger partial charge < -0.3 is 10.6 Å². The molecule has 2 aromatic heterocycles. The van der Waals surface area contributed by atoms with Crippen LogP contribution in [0.25, 0.3) is 0 Å². The number of nitrogens with one attached hydrogen (secondary N) is 2. The fourth-order valence-corrected chi connectivity index (χ4v) is 1.95. The number of hydrogen-bond acceptors (Lipinski definition) is 5. The van der Waals surface area contributed by atoms with Gasteiger partial charge in [-0.15, -0.1) is 0 Å². The number of rotatable bonds is 7. The minimum Gasteiger partial charge on any atom is -0.354 e. The molecule has 2 heterocycles. The first kappa shape index (κ1) is 14.4. The van der Waals surface area contributed by atoms with Crippen LogP contribution < -0.4 is 10.6 Å². The highest BCUT2D eigenvalue weighted by atomic mass is 15.1. The van der Waals surface area contributed by atoms with Crippen molar-refractivity contribution in [3.05, 3.63) is 47.5 Å². The summed E-state index contributed by atoms with van der Waals surface area (Å²) in [5, 5.41) is 6.64. The van der Waals surface area contributed by atoms with Gasteiger partial charge in [0, 0.05) is 36.9 Å². The minimum absolute atomic E-state index is 0.717. The summed E-state index contributed by atoms with van der Waals surface area (Å²) in [6.07, 6.45) is 4.70. The summed E-state index contributed by atoms with van der Waals surface area (Å²) >= 11 is 0. The third-order valence-corrected chi connectivity index (χ3v) is 2.85. The van der Waals surface area contributed by atoms with Crippen molar-refractivity contribution in [3.63, 3.8) is 0 Å². The van der Waals surface area contributed by atoms with Crippen LogP contribution in [0.4, 0.5) is 5.95 Å². The largest absolute Gasteiger partial charge is 0.354 e. The molecule has 0 amide bonds. The van der Waals surface area contributed by atoms with Crippen LogP contribution in [0, 0.1) is 13.8 Å². The van der Waals surface area contributed by atoms with Crippen LogP contribution >= 0.6 is 0 Å². The van der Waals surface area contributed by atoms with E-state index in [4.69, 9.17) is 0 Å². The first-order chi connectivity index (χ1) is 9.74. The van der Waals surface area contributed by atoms with Crippen LogP contribution in [-0.2, 0) is 6.54 Å². The lowest BCUT2D eigenvalue weighted by molar-refractivity contribution is 0.660. The van der Waals surface area contributed by atoms with E-state index < -0.39 is 0 Å². The van der Waals surface area contributed by atoms with Gasteiger partial charge in [-0.25, -0.2) is 9.97 Å². The summed E-state index contributed by atoms with van der Waals surface area (Å²) in [5.74, 6) is 0.717. The third kappa shape index (κ3) is 4.93. The maximum atomic E-state index is 4.35. The zero-order chi connectivity index (χ0) is 14.2. The second-order valence-corrected chi connectivity index (χ2v) is 4.79. The molecule has 0 atom stereocenters. The number of aromatic nitrogens is 3. The molecule has 0 aliphatic carbocycles. The average Bonchev–Trinajstić information content (AvgIpc) is 2.43. The highest BCUT2D eigenvalue weighted by molar-refractivity contribution is 5.27. The van der Waals surface area contributed by atoms with Crippen LogP contribution in [0.1, 0.15) is 23.4 Å². The molecule has 0 unspecified atom stereocenters. The van der Waals surface area contributed by atoms with Gasteiger partial charge in [0.25, 0.3) is 0 Å². The van der Waals surface area contributed by atoms with Crippen molar-refractivity contribution in [2.24, 2.45) is 0 Å². The van der Waals surface area contributed by atoms with E-state index in [9.17, 15) is 0 Å². The Bertz CT molecular complexity index is 507. The van der Waals surface area contributed by atoms with Crippen molar-refractivity contribution in [2.45, 2.75) is 26.8 Å². The second-order valence-electron chi connectivity index (χ2n) is 4.79. The molecule has 0 radical (unpaired) electrons. The van der Waals surface area contributed by atoms with Gasteiger partial charge in [0.15, 0.2) is 0 Å². The first-order valence-corrected chi connectivity index (χ1v) is 6.90. The van der Waals surface area contributed by atoms with Gasteiger partial charge in [-0.1, -0.05) is 6.07 Å². The average molecular weight is 271 g/mol. The number of aryl methyl sites for hydroxylation is 2. The highest BCUT2D eigenvalue weighted by Crippen LogP contribution is 2.03. The Balaban J connectivity index is 1.62. The van der Waals surface area contributed by atoms with Crippen molar-refractivity contribution < 1.29 is 0 Å². The molecule has 2 aromatic rings. The minimum atomic E-state index is 0.717. The molecule has 2 rings (SSSR count). The first-order valence-electron chi connectivity index (χ1n) is 6.90. The Hall–Kier alpha value is -2.01. The Kier molecular flexibility index (Phi) is 5.43. The lowest BCUT2D eigenvalue weighted by Crippen LogP contribution is -2.18. The molecular weight excluding hydrogens is 250 g/mol. The summed E-state index contributed by atoms with van der Waals surface area (Å²) in [7, 11) is 0. The quantitative estimate of drug-likeness (QED) is 0.755. The lowest BCUT2D eigenvalue weighted by Gasteiger charge is -2.07. The van der Waals surface area contributed by atoms with Gasteiger partial charge in [0.1, 0.15) is 0 Å². The Morgan fingerprint density at radius 3 is 2.60 bits per heavy atom. The van der Waals surface area contributed by atoms with Crippen LogP contribution in [0.3, 0.4) is 0 Å². The van der Waals surface area contributed by atoms with Crippen LogP contribution in [0.15, 0.2) is 30.6 Å². The molecule has 5 heteroatoms. The number of nitrogens with zero attached hydrogens (tertiary/aromatic N) is 3. The molecule has 106 valence electrons. The molecule has 0 saturated carbocycles. The Morgan fingerprint density at radius 2 is 1.90 bits per heavy atom. The summed E-state index contributed by atoms with van der Waals surface area (Å²) in [6.45, 7) is 6.63. The van der Waals surface area contributed by atoms with Crippen molar-refractivity contribution in [2.75, 3.05) is 18.4 Å². The zero-order valence-corrected chi connectivity index (χ0v) is 12.1. The summed E-state index contributed by atoms with van der Waals surface area (Å²) in [4.78, 5) is 12.8. The third-order valence-electron chi connectivity index (χ3n) is 2.85. The standard InChI is InChI=1S/C15H21N5/c1-12-9-13(2)20-15(19-12)18-8-4-7-17-11-14-5-3-6-16-10-14/h3,5-6,9-10,17H,4,7-8,11H2,1-2H3,(H,18,19,20). The topological polar surface area (TPSA) is 62.7 Å². The molecule has 0 fully saturated rings. The van der Waals surface area contributed by atoms with Gasteiger partial charge in [-0.3, -0.25) is 4.98 Å². The van der Waals surface area contributed by atoms with E-state index in [0.29, 0.717) is 0 Å². The zero-order valence-electron chi connectivity index (χ0n) is 12.1. The van der Waals surface area contributed by atoms with E-state index in [-0.39, 0.29) is 0 Å². The van der Waals surface area contributed by atoms with E-state index in [0.717, 1.165) is 43.4 Å². The highest BCUT2D eigenvalue weighted by Gasteiger charge is 1.98. The lowest BCUT2D eigenvalue weighted by atomic mass is 10.3. The van der Waals surface area contributed by atoms with Gasteiger partial charge >= 0.3 is 0 Å². The maximum absolute atomic E-state index is 4.35. The van der Waals surface area contributed by atoms with Crippen LogP contribution in [-0.4, -0.2) is 28.0 Å². The predicted octanol–water partition coefficient (Wildman–Crippen LogP) is 2.08. The summed E-state index contributed by atoms with van der Waals surface area (Å²) in [6, 6.07) is 6.00. The van der Waals surface area contributed by atoms with E-state index in [1.807, 2.05) is 32.2 Å². The van der Waals surface area contributed by atoms with Gasteiger partial charge in [-0.2, -0.15) is 0 Å². The van der Waals surface area contributed by atoms with Crippen molar-refractivity contribution in [1.29, 1.82) is 0 Å². The molecule has 0 bridgehead atoms. The normalized spacial score (nSPS) is 10.5. The van der Waals surface area contributed by atoms with E-state index in [2.05, 4.69) is 31.7 Å². The van der Waals surface area contributed by atoms with E-state index in [1.165, 1.54) is 5.56 Å². The Labute approximate surface area is 119 Å². The molecular formula is C15H21N5. The molecule has 0 saturated heterocycles. The smallest absolute Gasteiger partial charge is 0.223 e. The Morgan fingerprint density at radius 1 is 1.10 bits per heavy atom.